The predicted molar refractivity (Wildman–Crippen MR) is 137 cm³/mol. The summed E-state index contributed by atoms with van der Waals surface area (Å²) in [5.74, 6) is -1.31. The van der Waals surface area contributed by atoms with Gasteiger partial charge in [0.15, 0.2) is 6.10 Å². The third-order valence-electron chi connectivity index (χ3n) is 6.89. The van der Waals surface area contributed by atoms with E-state index in [0.29, 0.717) is 23.4 Å². The van der Waals surface area contributed by atoms with E-state index in [-0.39, 0.29) is 12.5 Å². The van der Waals surface area contributed by atoms with Crippen LogP contribution in [-0.4, -0.2) is 85.7 Å². The summed E-state index contributed by atoms with van der Waals surface area (Å²) in [6, 6.07) is 15.7. The molecule has 0 aromatic heterocycles. The predicted octanol–water partition coefficient (Wildman–Crippen LogP) is 2.09. The van der Waals surface area contributed by atoms with Crippen molar-refractivity contribution >= 4 is 5.97 Å². The smallest absolute Gasteiger partial charge is 0.335 e. The fraction of sp³-hybridized carbons (Fsp3) is 0.536. The first-order valence-electron chi connectivity index (χ1n) is 12.7. The Morgan fingerprint density at radius 3 is 2.19 bits per heavy atom. The molecule has 1 aliphatic rings. The van der Waals surface area contributed by atoms with Gasteiger partial charge in [-0.15, -0.1) is 0 Å². The van der Waals surface area contributed by atoms with E-state index in [0.717, 1.165) is 24.1 Å². The third kappa shape index (κ3) is 6.87. The lowest BCUT2D eigenvalue weighted by molar-refractivity contribution is -0.271. The Labute approximate surface area is 217 Å². The standard InChI is InChI=1S/C28H39NO8/c1-16(2)29(17(3)4)13-12-20(19-8-6-5-7-9-19)21-14-18(15-30)10-11-22(21)36-28-25(33)23(31)24(32)26(37-28)27(34)35/h5-11,14,16-17,20,23-26,28,30-33H,12-13,15H2,1-4H3,(H,34,35)/t20-,23?,24?,25?,26?,28?/m1/s1. The zero-order valence-corrected chi connectivity index (χ0v) is 21.8. The van der Waals surface area contributed by atoms with Crippen LogP contribution in [0.5, 0.6) is 5.75 Å². The second-order valence-electron chi connectivity index (χ2n) is 10.1. The highest BCUT2D eigenvalue weighted by Gasteiger charge is 2.48. The largest absolute Gasteiger partial charge is 0.479 e. The van der Waals surface area contributed by atoms with Crippen molar-refractivity contribution in [1.82, 2.24) is 4.90 Å². The van der Waals surface area contributed by atoms with Gasteiger partial charge >= 0.3 is 5.97 Å². The Balaban J connectivity index is 2.01. The highest BCUT2D eigenvalue weighted by Crippen LogP contribution is 2.37. The van der Waals surface area contributed by atoms with Gasteiger partial charge in [0.1, 0.15) is 24.1 Å². The number of ether oxygens (including phenoxy) is 2. The minimum absolute atomic E-state index is 0.158. The number of nitrogens with zero attached hydrogens (tertiary/aromatic N) is 1. The monoisotopic (exact) mass is 517 g/mol. The molecule has 9 nitrogen and oxygen atoms in total. The van der Waals surface area contributed by atoms with Crippen LogP contribution in [0.25, 0.3) is 0 Å². The van der Waals surface area contributed by atoms with Crippen LogP contribution in [0, 0.1) is 0 Å². The molecule has 3 rings (SSSR count). The summed E-state index contributed by atoms with van der Waals surface area (Å²) >= 11 is 0. The van der Waals surface area contributed by atoms with Gasteiger partial charge < -0.3 is 35.0 Å². The van der Waals surface area contributed by atoms with E-state index in [9.17, 15) is 30.3 Å². The topological polar surface area (TPSA) is 140 Å². The Bertz CT molecular complexity index is 1010. The molecule has 1 fully saturated rings. The molecule has 0 amide bonds. The van der Waals surface area contributed by atoms with Gasteiger partial charge in [0.2, 0.25) is 6.29 Å². The normalized spacial score (nSPS) is 25.0. The zero-order chi connectivity index (χ0) is 27.3. The van der Waals surface area contributed by atoms with Crippen molar-refractivity contribution in [2.24, 2.45) is 0 Å². The second kappa shape index (κ2) is 12.8. The average molecular weight is 518 g/mol. The molecule has 204 valence electrons. The molecule has 1 aliphatic heterocycles. The van der Waals surface area contributed by atoms with Crippen LogP contribution in [0.15, 0.2) is 48.5 Å². The summed E-state index contributed by atoms with van der Waals surface area (Å²) in [5, 5.41) is 50.0. The fourth-order valence-electron chi connectivity index (χ4n) is 4.93. The Morgan fingerprint density at radius 1 is 0.973 bits per heavy atom. The first-order chi connectivity index (χ1) is 17.5. The molecule has 2 aromatic carbocycles. The molecule has 1 saturated heterocycles. The summed E-state index contributed by atoms with van der Waals surface area (Å²) in [5.41, 5.74) is 2.42. The number of carboxylic acids is 1. The van der Waals surface area contributed by atoms with Crippen LogP contribution < -0.4 is 4.74 Å². The maximum Gasteiger partial charge on any atom is 0.335 e. The molecule has 0 saturated carbocycles. The highest BCUT2D eigenvalue weighted by atomic mass is 16.7. The van der Waals surface area contributed by atoms with Crippen molar-refractivity contribution in [3.8, 4) is 5.75 Å². The molecular weight excluding hydrogens is 478 g/mol. The molecule has 5 N–H and O–H groups in total. The van der Waals surface area contributed by atoms with E-state index >= 15 is 0 Å². The van der Waals surface area contributed by atoms with Gasteiger partial charge in [-0.3, -0.25) is 4.90 Å². The van der Waals surface area contributed by atoms with Crippen LogP contribution in [0.3, 0.4) is 0 Å². The minimum atomic E-state index is -1.81. The molecule has 37 heavy (non-hydrogen) atoms. The molecule has 6 atom stereocenters. The van der Waals surface area contributed by atoms with Gasteiger partial charge in [-0.25, -0.2) is 4.79 Å². The number of aliphatic carboxylic acids is 1. The van der Waals surface area contributed by atoms with E-state index in [4.69, 9.17) is 9.47 Å². The van der Waals surface area contributed by atoms with Gasteiger partial charge in [-0.05, 0) is 63.9 Å². The number of aliphatic hydroxyl groups is 4. The molecule has 0 spiro atoms. The zero-order valence-electron chi connectivity index (χ0n) is 21.8. The van der Waals surface area contributed by atoms with Crippen LogP contribution in [0.1, 0.15) is 56.7 Å². The van der Waals surface area contributed by atoms with E-state index < -0.39 is 36.7 Å². The summed E-state index contributed by atoms with van der Waals surface area (Å²) < 4.78 is 11.4. The quantitative estimate of drug-likeness (QED) is 0.303. The Morgan fingerprint density at radius 2 is 1.62 bits per heavy atom. The molecule has 0 aliphatic carbocycles. The maximum absolute atomic E-state index is 11.6. The highest BCUT2D eigenvalue weighted by molar-refractivity contribution is 5.73. The summed E-state index contributed by atoms with van der Waals surface area (Å²) in [6.07, 6.45) is -7.83. The van der Waals surface area contributed by atoms with E-state index in [1.54, 1.807) is 12.1 Å². The Hall–Kier alpha value is -2.53. The molecule has 0 radical (unpaired) electrons. The maximum atomic E-state index is 11.6. The first-order valence-corrected chi connectivity index (χ1v) is 12.7. The van der Waals surface area contributed by atoms with Crippen LogP contribution in [0.4, 0.5) is 0 Å². The SMILES string of the molecule is CC(C)N(CC[C@H](c1ccccc1)c1cc(CO)ccc1OC1OC(C(=O)O)C(O)C(O)C1O)C(C)C. The molecule has 0 bridgehead atoms. The molecular formula is C28H39NO8. The van der Waals surface area contributed by atoms with Crippen molar-refractivity contribution in [2.45, 2.75) is 89.4 Å². The molecule has 5 unspecified atom stereocenters. The lowest BCUT2D eigenvalue weighted by Crippen LogP contribution is -2.61. The van der Waals surface area contributed by atoms with Crippen molar-refractivity contribution in [1.29, 1.82) is 0 Å². The minimum Gasteiger partial charge on any atom is -0.479 e. The molecule has 9 heteroatoms. The Kier molecular flexibility index (Phi) is 10.1. The van der Waals surface area contributed by atoms with Crippen molar-refractivity contribution < 1.29 is 39.8 Å². The summed E-state index contributed by atoms with van der Waals surface area (Å²) in [4.78, 5) is 13.9. The number of benzene rings is 2. The van der Waals surface area contributed by atoms with Gasteiger partial charge in [0.25, 0.3) is 0 Å². The lowest BCUT2D eigenvalue weighted by atomic mass is 9.86. The first kappa shape index (κ1) is 29.0. The molecule has 1 heterocycles. The van der Waals surface area contributed by atoms with Gasteiger partial charge in [-0.1, -0.05) is 36.4 Å². The summed E-state index contributed by atoms with van der Waals surface area (Å²) in [6.45, 7) is 9.20. The molecule has 2 aromatic rings. The summed E-state index contributed by atoms with van der Waals surface area (Å²) in [7, 11) is 0. The van der Waals surface area contributed by atoms with Crippen molar-refractivity contribution in [3.05, 3.63) is 65.2 Å². The van der Waals surface area contributed by atoms with Crippen LogP contribution >= 0.6 is 0 Å². The number of hydrogen-bond donors (Lipinski definition) is 5. The number of hydrogen-bond acceptors (Lipinski definition) is 8. The van der Waals surface area contributed by atoms with E-state index in [2.05, 4.69) is 32.6 Å². The van der Waals surface area contributed by atoms with E-state index in [1.807, 2.05) is 36.4 Å². The van der Waals surface area contributed by atoms with Crippen molar-refractivity contribution in [3.63, 3.8) is 0 Å². The van der Waals surface area contributed by atoms with Gasteiger partial charge in [0.05, 0.1) is 6.61 Å². The van der Waals surface area contributed by atoms with Crippen molar-refractivity contribution in [2.75, 3.05) is 6.54 Å². The van der Waals surface area contributed by atoms with E-state index in [1.165, 1.54) is 0 Å². The number of aliphatic hydroxyl groups excluding tert-OH is 4. The fourth-order valence-corrected chi connectivity index (χ4v) is 4.93. The van der Waals surface area contributed by atoms with Crippen LogP contribution in [-0.2, 0) is 16.1 Å². The van der Waals surface area contributed by atoms with Crippen LogP contribution in [0.2, 0.25) is 0 Å². The average Bonchev–Trinajstić information content (AvgIpc) is 2.87. The van der Waals surface area contributed by atoms with Gasteiger partial charge in [0, 0.05) is 23.6 Å². The second-order valence-corrected chi connectivity index (χ2v) is 10.1. The number of rotatable bonds is 11. The number of carbonyl (C=O) groups is 1. The third-order valence-corrected chi connectivity index (χ3v) is 6.89. The number of carboxylic acid groups (broad SMARTS) is 1. The lowest BCUT2D eigenvalue weighted by Gasteiger charge is -2.39. The van der Waals surface area contributed by atoms with Gasteiger partial charge in [-0.2, -0.15) is 0 Å².